The molecule has 1 N–H and O–H groups in total. The molecule has 2 heterocycles. The molecule has 106 valence electrons. The molecular formula is C12H18N2O4S. The number of rotatable bonds is 3. The molecule has 0 saturated carbocycles. The van der Waals surface area contributed by atoms with Crippen LogP contribution in [0.15, 0.2) is 0 Å². The van der Waals surface area contributed by atoms with Gasteiger partial charge in [0.25, 0.3) is 5.24 Å². The van der Waals surface area contributed by atoms with Gasteiger partial charge in [0, 0.05) is 24.9 Å². The molecule has 0 aliphatic carbocycles. The Morgan fingerprint density at radius 2 is 2.16 bits per heavy atom. The van der Waals surface area contributed by atoms with Crippen molar-refractivity contribution >= 4 is 28.9 Å². The van der Waals surface area contributed by atoms with Crippen LogP contribution in [0.25, 0.3) is 0 Å². The van der Waals surface area contributed by atoms with E-state index < -0.39 is 11.9 Å². The van der Waals surface area contributed by atoms with E-state index in [1.54, 1.807) is 4.90 Å². The van der Waals surface area contributed by atoms with Crippen molar-refractivity contribution in [2.24, 2.45) is 5.92 Å². The molecular weight excluding hydrogens is 268 g/mol. The first-order valence-corrected chi connectivity index (χ1v) is 7.41. The topological polar surface area (TPSA) is 77.9 Å². The number of amides is 2. The van der Waals surface area contributed by atoms with Crippen LogP contribution < -0.4 is 0 Å². The second-order valence-corrected chi connectivity index (χ2v) is 6.09. The highest BCUT2D eigenvalue weighted by Crippen LogP contribution is 2.23. The van der Waals surface area contributed by atoms with Crippen molar-refractivity contribution in [2.45, 2.75) is 25.8 Å². The van der Waals surface area contributed by atoms with E-state index in [2.05, 4.69) is 0 Å². The van der Waals surface area contributed by atoms with Crippen LogP contribution >= 0.6 is 11.8 Å². The normalized spacial score (nSPS) is 27.7. The van der Waals surface area contributed by atoms with Crippen molar-refractivity contribution in [3.63, 3.8) is 0 Å². The van der Waals surface area contributed by atoms with Gasteiger partial charge in [-0.2, -0.15) is 0 Å². The molecule has 2 rings (SSSR count). The summed E-state index contributed by atoms with van der Waals surface area (Å²) in [5.74, 6) is -0.755. The summed E-state index contributed by atoms with van der Waals surface area (Å²) in [7, 11) is 0. The lowest BCUT2D eigenvalue weighted by molar-refractivity contribution is -0.147. The summed E-state index contributed by atoms with van der Waals surface area (Å²) in [5, 5.41) is 8.98. The van der Waals surface area contributed by atoms with E-state index in [-0.39, 0.29) is 30.3 Å². The number of piperidine rings is 1. The molecule has 2 aliphatic heterocycles. The van der Waals surface area contributed by atoms with Crippen molar-refractivity contribution in [2.75, 3.05) is 25.4 Å². The lowest BCUT2D eigenvalue weighted by Gasteiger charge is -2.37. The molecule has 0 aromatic heterocycles. The number of hydrogen-bond acceptors (Lipinski definition) is 4. The van der Waals surface area contributed by atoms with E-state index in [1.807, 2.05) is 6.92 Å². The first-order valence-electron chi connectivity index (χ1n) is 6.43. The Bertz CT molecular complexity index is 401. The zero-order chi connectivity index (χ0) is 14.0. The highest BCUT2D eigenvalue weighted by molar-refractivity contribution is 8.13. The molecule has 0 aromatic carbocycles. The predicted molar refractivity (Wildman–Crippen MR) is 71.0 cm³/mol. The van der Waals surface area contributed by atoms with E-state index in [0.29, 0.717) is 19.4 Å². The molecule has 2 unspecified atom stereocenters. The summed E-state index contributed by atoms with van der Waals surface area (Å²) >= 11 is 1.22. The number of carbonyl (C=O) groups excluding carboxylic acids is 2. The van der Waals surface area contributed by atoms with Crippen LogP contribution in [0.5, 0.6) is 0 Å². The molecule has 6 nitrogen and oxygen atoms in total. The Balaban J connectivity index is 1.96. The van der Waals surface area contributed by atoms with Gasteiger partial charge >= 0.3 is 5.97 Å². The molecule has 7 heteroatoms. The zero-order valence-corrected chi connectivity index (χ0v) is 11.7. The molecule has 2 amide bonds. The summed E-state index contributed by atoms with van der Waals surface area (Å²) < 4.78 is 0. The molecule has 2 saturated heterocycles. The number of hydrogen-bond donors (Lipinski definition) is 1. The summed E-state index contributed by atoms with van der Waals surface area (Å²) in [6.45, 7) is 2.85. The maximum absolute atomic E-state index is 12.2. The minimum atomic E-state index is -0.850. The van der Waals surface area contributed by atoms with E-state index in [0.717, 1.165) is 5.75 Å². The standard InChI is InChI=1S/C12H18N2O4S/c1-8-2-3-9(11(16)17)6-14(8)10(15)7-13-4-5-19-12(13)18/h8-9H,2-7H2,1H3,(H,16,17). The fourth-order valence-electron chi connectivity index (χ4n) is 2.48. The molecule has 0 aromatic rings. The predicted octanol–water partition coefficient (Wildman–Crippen LogP) is 0.867. The Morgan fingerprint density at radius 3 is 2.74 bits per heavy atom. The van der Waals surface area contributed by atoms with Gasteiger partial charge in [0.2, 0.25) is 5.91 Å². The number of carboxylic acids is 1. The quantitative estimate of drug-likeness (QED) is 0.833. The highest BCUT2D eigenvalue weighted by Gasteiger charge is 2.34. The lowest BCUT2D eigenvalue weighted by atomic mass is 9.93. The number of carbonyl (C=O) groups is 3. The average Bonchev–Trinajstić information content (AvgIpc) is 2.75. The van der Waals surface area contributed by atoms with Crippen molar-refractivity contribution in [1.29, 1.82) is 0 Å². The SMILES string of the molecule is CC1CCC(C(=O)O)CN1C(=O)CN1CCSC1=O. The summed E-state index contributed by atoms with van der Waals surface area (Å²) in [6, 6.07) is 0.0495. The Hall–Kier alpha value is -1.24. The summed E-state index contributed by atoms with van der Waals surface area (Å²) in [5.41, 5.74) is 0. The van der Waals surface area contributed by atoms with Gasteiger partial charge in [-0.1, -0.05) is 11.8 Å². The minimum Gasteiger partial charge on any atom is -0.481 e. The second kappa shape index (κ2) is 5.81. The smallest absolute Gasteiger partial charge is 0.308 e. The number of likely N-dealkylation sites (tertiary alicyclic amines) is 1. The van der Waals surface area contributed by atoms with Gasteiger partial charge in [-0.3, -0.25) is 14.4 Å². The molecule has 0 radical (unpaired) electrons. The Labute approximate surface area is 116 Å². The highest BCUT2D eigenvalue weighted by atomic mass is 32.2. The maximum atomic E-state index is 12.2. The number of carboxylic acid groups (broad SMARTS) is 1. The number of nitrogens with zero attached hydrogens (tertiary/aromatic N) is 2. The van der Waals surface area contributed by atoms with Crippen LogP contribution in [0.1, 0.15) is 19.8 Å². The monoisotopic (exact) mass is 286 g/mol. The molecule has 2 atom stereocenters. The van der Waals surface area contributed by atoms with Crippen LogP contribution in [0.3, 0.4) is 0 Å². The van der Waals surface area contributed by atoms with Crippen LogP contribution in [0, 0.1) is 5.92 Å². The molecule has 0 spiro atoms. The van der Waals surface area contributed by atoms with E-state index >= 15 is 0 Å². The maximum Gasteiger partial charge on any atom is 0.308 e. The van der Waals surface area contributed by atoms with Gasteiger partial charge in [-0.05, 0) is 19.8 Å². The van der Waals surface area contributed by atoms with E-state index in [9.17, 15) is 14.4 Å². The molecule has 0 bridgehead atoms. The first-order chi connectivity index (χ1) is 8.99. The zero-order valence-electron chi connectivity index (χ0n) is 10.9. The summed E-state index contributed by atoms with van der Waals surface area (Å²) in [6.07, 6.45) is 1.31. The van der Waals surface area contributed by atoms with Crippen molar-refractivity contribution in [1.82, 2.24) is 9.80 Å². The number of aliphatic carboxylic acids is 1. The van der Waals surface area contributed by atoms with Crippen LogP contribution in [0.2, 0.25) is 0 Å². The van der Waals surface area contributed by atoms with Crippen molar-refractivity contribution in [3.8, 4) is 0 Å². The van der Waals surface area contributed by atoms with Gasteiger partial charge in [-0.25, -0.2) is 0 Å². The first kappa shape index (κ1) is 14.2. The van der Waals surface area contributed by atoms with E-state index in [1.165, 1.54) is 16.7 Å². The van der Waals surface area contributed by atoms with Gasteiger partial charge in [0.05, 0.1) is 5.92 Å². The Kier molecular flexibility index (Phi) is 4.34. The summed E-state index contributed by atoms with van der Waals surface area (Å²) in [4.78, 5) is 37.8. The second-order valence-electron chi connectivity index (χ2n) is 5.04. The largest absolute Gasteiger partial charge is 0.481 e. The lowest BCUT2D eigenvalue weighted by Crippen LogP contribution is -2.50. The fraction of sp³-hybridized carbons (Fsp3) is 0.750. The number of thioether (sulfide) groups is 1. The van der Waals surface area contributed by atoms with Gasteiger partial charge in [0.15, 0.2) is 0 Å². The molecule has 2 fully saturated rings. The third-order valence-electron chi connectivity index (χ3n) is 3.72. The van der Waals surface area contributed by atoms with Gasteiger partial charge in [0.1, 0.15) is 6.54 Å². The third-order valence-corrected chi connectivity index (χ3v) is 4.61. The van der Waals surface area contributed by atoms with E-state index in [4.69, 9.17) is 5.11 Å². The van der Waals surface area contributed by atoms with Crippen LogP contribution in [-0.4, -0.2) is 63.5 Å². The third kappa shape index (κ3) is 3.20. The molecule has 2 aliphatic rings. The minimum absolute atomic E-state index is 0.0495. The van der Waals surface area contributed by atoms with Gasteiger partial charge < -0.3 is 14.9 Å². The van der Waals surface area contributed by atoms with Crippen molar-refractivity contribution < 1.29 is 19.5 Å². The Morgan fingerprint density at radius 1 is 1.42 bits per heavy atom. The fourth-order valence-corrected chi connectivity index (χ4v) is 3.30. The van der Waals surface area contributed by atoms with Crippen LogP contribution in [0.4, 0.5) is 4.79 Å². The average molecular weight is 286 g/mol. The van der Waals surface area contributed by atoms with Crippen molar-refractivity contribution in [3.05, 3.63) is 0 Å². The molecule has 19 heavy (non-hydrogen) atoms. The van der Waals surface area contributed by atoms with Gasteiger partial charge in [-0.15, -0.1) is 0 Å². The van der Waals surface area contributed by atoms with Crippen LogP contribution in [-0.2, 0) is 9.59 Å².